The molecule has 5 aromatic rings. The summed E-state index contributed by atoms with van der Waals surface area (Å²) in [5.74, 6) is 1.22. The Morgan fingerprint density at radius 2 is 1.55 bits per heavy atom. The van der Waals surface area contributed by atoms with Gasteiger partial charge in [-0.05, 0) is 23.6 Å². The van der Waals surface area contributed by atoms with Crippen LogP contribution < -0.4 is 5.32 Å². The molecular weight excluding hydrogens is 358 g/mol. The predicted octanol–water partition coefficient (Wildman–Crippen LogP) is 5.16. The summed E-state index contributed by atoms with van der Waals surface area (Å²) in [6.45, 7) is 3.01. The number of fused-ring (bicyclic) bond motifs is 3. The smallest absolute Gasteiger partial charge is 0.186 e. The minimum atomic E-state index is 0.365. The molecule has 5 nitrogen and oxygen atoms in total. The number of nitrogens with one attached hydrogen (secondary N) is 1. The molecule has 0 amide bonds. The van der Waals surface area contributed by atoms with Crippen molar-refractivity contribution < 1.29 is 0 Å². The third-order valence-electron chi connectivity index (χ3n) is 5.24. The fourth-order valence-electron chi connectivity index (χ4n) is 3.63. The lowest BCUT2D eigenvalue weighted by Crippen LogP contribution is -2.12. The summed E-state index contributed by atoms with van der Waals surface area (Å²) in [7, 11) is 0. The normalized spacial score (nSPS) is 12.3. The maximum absolute atomic E-state index is 4.93. The lowest BCUT2D eigenvalue weighted by molar-refractivity contribution is 0.802. The Bertz CT molecular complexity index is 1260. The third-order valence-corrected chi connectivity index (χ3v) is 5.24. The third kappa shape index (κ3) is 3.21. The van der Waals surface area contributed by atoms with Crippen LogP contribution in [0.3, 0.4) is 0 Å². The molecule has 0 bridgehead atoms. The summed E-state index contributed by atoms with van der Waals surface area (Å²) in [5.41, 5.74) is 4.84. The van der Waals surface area contributed by atoms with Crippen LogP contribution in [-0.2, 0) is 0 Å². The van der Waals surface area contributed by atoms with Crippen molar-refractivity contribution in [2.75, 3.05) is 11.9 Å². The molecule has 2 aromatic heterocycles. The van der Waals surface area contributed by atoms with Crippen molar-refractivity contribution in [1.29, 1.82) is 0 Å². The van der Waals surface area contributed by atoms with Gasteiger partial charge in [0.25, 0.3) is 0 Å². The highest BCUT2D eigenvalue weighted by Gasteiger charge is 2.16. The average molecular weight is 379 g/mol. The van der Waals surface area contributed by atoms with Gasteiger partial charge < -0.3 is 5.32 Å². The monoisotopic (exact) mass is 379 g/mol. The first-order valence-corrected chi connectivity index (χ1v) is 9.79. The highest BCUT2D eigenvalue weighted by atomic mass is 15.4. The highest BCUT2D eigenvalue weighted by molar-refractivity contribution is 5.93. The SMILES string of the molecule is CC(CNc1nc2c(-c3ccccc3)nnn2c2ccccc12)c1ccccc1. The fraction of sp³-hybridized carbons (Fsp3) is 0.125. The molecule has 0 radical (unpaired) electrons. The molecule has 0 saturated heterocycles. The Morgan fingerprint density at radius 1 is 0.862 bits per heavy atom. The highest BCUT2D eigenvalue weighted by Crippen LogP contribution is 2.28. The van der Waals surface area contributed by atoms with Crippen molar-refractivity contribution in [3.63, 3.8) is 0 Å². The number of para-hydroxylation sites is 1. The molecular formula is C24H21N5. The first-order valence-electron chi connectivity index (χ1n) is 9.79. The second-order valence-corrected chi connectivity index (χ2v) is 7.21. The Morgan fingerprint density at radius 3 is 2.34 bits per heavy atom. The second-order valence-electron chi connectivity index (χ2n) is 7.21. The van der Waals surface area contributed by atoms with Crippen LogP contribution >= 0.6 is 0 Å². The number of hydrogen-bond acceptors (Lipinski definition) is 4. The van der Waals surface area contributed by atoms with E-state index in [4.69, 9.17) is 4.98 Å². The van der Waals surface area contributed by atoms with Crippen LogP contribution in [0.5, 0.6) is 0 Å². The van der Waals surface area contributed by atoms with Crippen LogP contribution in [0.4, 0.5) is 5.82 Å². The number of anilines is 1. The van der Waals surface area contributed by atoms with Crippen molar-refractivity contribution in [3.05, 3.63) is 90.5 Å². The van der Waals surface area contributed by atoms with E-state index in [9.17, 15) is 0 Å². The Hall–Kier alpha value is -3.73. The van der Waals surface area contributed by atoms with Gasteiger partial charge in [-0.1, -0.05) is 84.9 Å². The van der Waals surface area contributed by atoms with E-state index in [-0.39, 0.29) is 0 Å². The van der Waals surface area contributed by atoms with Crippen LogP contribution in [0, 0.1) is 0 Å². The van der Waals surface area contributed by atoms with E-state index < -0.39 is 0 Å². The first kappa shape index (κ1) is 17.4. The zero-order valence-electron chi connectivity index (χ0n) is 16.2. The van der Waals surface area contributed by atoms with Crippen LogP contribution in [0.25, 0.3) is 27.8 Å². The van der Waals surface area contributed by atoms with Crippen LogP contribution in [0.2, 0.25) is 0 Å². The van der Waals surface area contributed by atoms with Gasteiger partial charge in [-0.2, -0.15) is 4.52 Å². The number of benzene rings is 3. The molecule has 5 rings (SSSR count). The van der Waals surface area contributed by atoms with Gasteiger partial charge in [-0.3, -0.25) is 0 Å². The second kappa shape index (κ2) is 7.36. The summed E-state index contributed by atoms with van der Waals surface area (Å²) in [4.78, 5) is 4.93. The summed E-state index contributed by atoms with van der Waals surface area (Å²) < 4.78 is 1.82. The van der Waals surface area contributed by atoms with E-state index in [1.165, 1.54) is 5.56 Å². The van der Waals surface area contributed by atoms with Crippen molar-refractivity contribution in [2.24, 2.45) is 0 Å². The van der Waals surface area contributed by atoms with Crippen LogP contribution in [-0.4, -0.2) is 26.4 Å². The van der Waals surface area contributed by atoms with Gasteiger partial charge in [-0.25, -0.2) is 4.98 Å². The number of hydrogen-bond donors (Lipinski definition) is 1. The summed E-state index contributed by atoms with van der Waals surface area (Å²) in [6.07, 6.45) is 0. The largest absolute Gasteiger partial charge is 0.369 e. The Labute approximate surface area is 169 Å². The Kier molecular flexibility index (Phi) is 4.41. The molecule has 0 aliphatic carbocycles. The van der Waals surface area contributed by atoms with Crippen molar-refractivity contribution in [3.8, 4) is 11.3 Å². The Balaban J connectivity index is 1.58. The molecule has 0 aliphatic heterocycles. The molecule has 3 aromatic carbocycles. The quantitative estimate of drug-likeness (QED) is 0.458. The lowest BCUT2D eigenvalue weighted by atomic mass is 10.0. The minimum Gasteiger partial charge on any atom is -0.369 e. The number of rotatable bonds is 5. The van der Waals surface area contributed by atoms with Crippen molar-refractivity contribution in [1.82, 2.24) is 19.8 Å². The molecule has 1 N–H and O–H groups in total. The topological polar surface area (TPSA) is 55.1 Å². The van der Waals surface area contributed by atoms with Crippen LogP contribution in [0.15, 0.2) is 84.9 Å². The molecule has 29 heavy (non-hydrogen) atoms. The molecule has 0 aliphatic rings. The van der Waals surface area contributed by atoms with Gasteiger partial charge >= 0.3 is 0 Å². The van der Waals surface area contributed by atoms with Gasteiger partial charge in [-0.15, -0.1) is 5.10 Å². The molecule has 5 heteroatoms. The van der Waals surface area contributed by atoms with E-state index in [2.05, 4.69) is 59.0 Å². The summed E-state index contributed by atoms with van der Waals surface area (Å²) >= 11 is 0. The molecule has 0 spiro atoms. The van der Waals surface area contributed by atoms with E-state index >= 15 is 0 Å². The van der Waals surface area contributed by atoms with Crippen molar-refractivity contribution in [2.45, 2.75) is 12.8 Å². The molecule has 2 heterocycles. The molecule has 142 valence electrons. The van der Waals surface area contributed by atoms with Gasteiger partial charge in [0.2, 0.25) is 0 Å². The summed E-state index contributed by atoms with van der Waals surface area (Å²) in [5, 5.41) is 13.4. The van der Waals surface area contributed by atoms with E-state index in [1.807, 2.05) is 53.0 Å². The predicted molar refractivity (Wildman–Crippen MR) is 117 cm³/mol. The maximum atomic E-state index is 4.93. The van der Waals surface area contributed by atoms with Gasteiger partial charge in [0, 0.05) is 17.5 Å². The minimum absolute atomic E-state index is 0.365. The molecule has 1 atom stereocenters. The standard InChI is InChI=1S/C24H21N5/c1-17(18-10-4-2-5-11-18)16-25-23-20-14-8-9-15-21(20)29-24(26-23)22(27-28-29)19-12-6-3-7-13-19/h2-15,17H,16H2,1H3,(H,25,26). The maximum Gasteiger partial charge on any atom is 0.186 e. The van der Waals surface area contributed by atoms with E-state index in [1.54, 1.807) is 0 Å². The van der Waals surface area contributed by atoms with Gasteiger partial charge in [0.15, 0.2) is 5.65 Å². The molecule has 1 unspecified atom stereocenters. The molecule has 0 fully saturated rings. The first-order chi connectivity index (χ1) is 14.3. The average Bonchev–Trinajstić information content (AvgIpc) is 3.22. The number of aromatic nitrogens is 4. The summed E-state index contributed by atoms with van der Waals surface area (Å²) in [6, 6.07) is 28.8. The van der Waals surface area contributed by atoms with E-state index in [0.717, 1.165) is 40.2 Å². The van der Waals surface area contributed by atoms with Crippen molar-refractivity contribution >= 4 is 22.4 Å². The fourth-order valence-corrected chi connectivity index (χ4v) is 3.63. The van der Waals surface area contributed by atoms with Crippen LogP contribution in [0.1, 0.15) is 18.4 Å². The zero-order chi connectivity index (χ0) is 19.6. The van der Waals surface area contributed by atoms with E-state index in [0.29, 0.717) is 5.92 Å². The lowest BCUT2D eigenvalue weighted by Gasteiger charge is -2.15. The zero-order valence-corrected chi connectivity index (χ0v) is 16.2. The van der Waals surface area contributed by atoms with Gasteiger partial charge in [0.1, 0.15) is 11.5 Å². The number of nitrogens with zero attached hydrogens (tertiary/aromatic N) is 4. The molecule has 0 saturated carbocycles. The van der Waals surface area contributed by atoms with Gasteiger partial charge in [0.05, 0.1) is 5.52 Å².